The van der Waals surface area contributed by atoms with Crippen LogP contribution in [0.2, 0.25) is 5.02 Å². The van der Waals surface area contributed by atoms with Crippen LogP contribution in [0.3, 0.4) is 0 Å². The Hall–Kier alpha value is -3.12. The monoisotopic (exact) mass is 365 g/mol. The molecule has 0 amide bonds. The number of nitrogens with zero attached hydrogens (tertiary/aromatic N) is 5. The van der Waals surface area contributed by atoms with E-state index in [-0.39, 0.29) is 0 Å². The van der Waals surface area contributed by atoms with Crippen LogP contribution in [0.4, 0.5) is 0 Å². The maximum Gasteiger partial charge on any atom is 0.141 e. The van der Waals surface area contributed by atoms with Crippen LogP contribution in [0, 0.1) is 0 Å². The maximum absolute atomic E-state index is 5.89. The van der Waals surface area contributed by atoms with Gasteiger partial charge < -0.3 is 9.30 Å². The van der Waals surface area contributed by atoms with Gasteiger partial charge in [0.2, 0.25) is 0 Å². The van der Waals surface area contributed by atoms with E-state index in [0.29, 0.717) is 11.6 Å². The van der Waals surface area contributed by atoms with Gasteiger partial charge in [0.05, 0.1) is 12.8 Å². The zero-order valence-corrected chi connectivity index (χ0v) is 14.6. The molecule has 0 unspecified atom stereocenters. The molecule has 0 atom stereocenters. The van der Waals surface area contributed by atoms with Crippen LogP contribution in [0.15, 0.2) is 72.5 Å². The molecule has 2 heterocycles. The summed E-state index contributed by atoms with van der Waals surface area (Å²) in [4.78, 5) is 0. The largest absolute Gasteiger partial charge is 0.492 e. The third-order valence-electron chi connectivity index (χ3n) is 3.97. The number of ether oxygens (including phenoxy) is 1. The van der Waals surface area contributed by atoms with Crippen molar-refractivity contribution in [2.45, 2.75) is 6.54 Å². The lowest BCUT2D eigenvalue weighted by molar-refractivity contribution is 0.300. The highest BCUT2D eigenvalue weighted by molar-refractivity contribution is 6.30. The minimum absolute atomic E-state index is 0.558. The van der Waals surface area contributed by atoms with Crippen LogP contribution in [0.1, 0.15) is 5.56 Å². The van der Waals surface area contributed by atoms with E-state index in [1.165, 1.54) is 0 Å². The van der Waals surface area contributed by atoms with Crippen molar-refractivity contribution in [2.24, 2.45) is 5.10 Å². The van der Waals surface area contributed by atoms with Crippen LogP contribution in [-0.4, -0.2) is 32.3 Å². The van der Waals surface area contributed by atoms with Crippen LogP contribution in [0.5, 0.6) is 5.75 Å². The zero-order valence-electron chi connectivity index (χ0n) is 13.9. The van der Waals surface area contributed by atoms with Gasteiger partial charge in [-0.15, -0.1) is 10.2 Å². The first kappa shape index (κ1) is 16.4. The van der Waals surface area contributed by atoms with E-state index in [2.05, 4.69) is 38.2 Å². The highest BCUT2D eigenvalue weighted by Crippen LogP contribution is 2.20. The van der Waals surface area contributed by atoms with E-state index in [0.717, 1.165) is 28.8 Å². The van der Waals surface area contributed by atoms with E-state index in [9.17, 15) is 0 Å². The number of benzene rings is 2. The second-order valence-corrected chi connectivity index (χ2v) is 6.12. The fourth-order valence-corrected chi connectivity index (χ4v) is 2.87. The summed E-state index contributed by atoms with van der Waals surface area (Å²) >= 11 is 5.89. The maximum atomic E-state index is 5.89. The highest BCUT2D eigenvalue weighted by Gasteiger charge is 2.07. The average Bonchev–Trinajstić information content (AvgIpc) is 3.30. The highest BCUT2D eigenvalue weighted by atomic mass is 35.5. The summed E-state index contributed by atoms with van der Waals surface area (Å²) < 4.78 is 9.54. The van der Waals surface area contributed by atoms with Gasteiger partial charge in [-0.25, -0.2) is 4.68 Å². The summed E-state index contributed by atoms with van der Waals surface area (Å²) in [5, 5.41) is 13.7. The Labute approximate surface area is 155 Å². The summed E-state index contributed by atoms with van der Waals surface area (Å²) in [6, 6.07) is 15.6. The quantitative estimate of drug-likeness (QED) is 0.488. The van der Waals surface area contributed by atoms with Gasteiger partial charge in [-0.3, -0.25) is 0 Å². The van der Waals surface area contributed by atoms with Crippen molar-refractivity contribution in [3.8, 4) is 5.75 Å². The molecular formula is C19H16ClN5O. The van der Waals surface area contributed by atoms with Crippen molar-refractivity contribution in [3.05, 3.63) is 78.0 Å². The standard InChI is InChI=1S/C19H16ClN5O/c20-16-5-7-17(8-6-16)26-10-9-24-12-15(11-23-25-13-21-22-14-25)18-3-1-2-4-19(18)24/h1-8,11-14H,9-10H2. The second kappa shape index (κ2) is 7.41. The molecule has 0 bridgehead atoms. The fraction of sp³-hybridized carbons (Fsp3) is 0.105. The number of para-hydroxylation sites is 1. The third-order valence-corrected chi connectivity index (χ3v) is 4.22. The lowest BCUT2D eigenvalue weighted by Gasteiger charge is -2.08. The predicted molar refractivity (Wildman–Crippen MR) is 102 cm³/mol. The SMILES string of the molecule is Clc1ccc(OCCn2cc(C=Nn3cnnc3)c3ccccc32)cc1. The molecule has 0 aliphatic carbocycles. The molecule has 0 N–H and O–H groups in total. The minimum atomic E-state index is 0.558. The summed E-state index contributed by atoms with van der Waals surface area (Å²) in [7, 11) is 0. The molecule has 0 spiro atoms. The first-order valence-corrected chi connectivity index (χ1v) is 8.52. The van der Waals surface area contributed by atoms with Crippen LogP contribution in [-0.2, 0) is 6.54 Å². The molecule has 0 aliphatic rings. The van der Waals surface area contributed by atoms with Gasteiger partial charge in [0, 0.05) is 27.7 Å². The Balaban J connectivity index is 1.52. The van der Waals surface area contributed by atoms with Gasteiger partial charge >= 0.3 is 0 Å². The van der Waals surface area contributed by atoms with Gasteiger partial charge in [0.25, 0.3) is 0 Å². The lowest BCUT2D eigenvalue weighted by atomic mass is 10.2. The molecule has 0 saturated carbocycles. The van der Waals surface area contributed by atoms with Crippen molar-refractivity contribution < 1.29 is 4.74 Å². The summed E-state index contributed by atoms with van der Waals surface area (Å²) in [6.45, 7) is 1.28. The van der Waals surface area contributed by atoms with E-state index in [4.69, 9.17) is 16.3 Å². The Morgan fingerprint density at radius 3 is 2.62 bits per heavy atom. The van der Waals surface area contributed by atoms with E-state index in [1.54, 1.807) is 17.3 Å². The van der Waals surface area contributed by atoms with Gasteiger partial charge in [-0.2, -0.15) is 5.10 Å². The number of hydrogen-bond acceptors (Lipinski definition) is 4. The van der Waals surface area contributed by atoms with Gasteiger partial charge in [-0.1, -0.05) is 29.8 Å². The lowest BCUT2D eigenvalue weighted by Crippen LogP contribution is -2.07. The third kappa shape index (κ3) is 3.60. The number of fused-ring (bicyclic) bond motifs is 1. The van der Waals surface area contributed by atoms with Crippen molar-refractivity contribution in [2.75, 3.05) is 6.61 Å². The van der Waals surface area contributed by atoms with Crippen LogP contribution in [0.25, 0.3) is 10.9 Å². The summed E-state index contributed by atoms with van der Waals surface area (Å²) in [5.74, 6) is 0.806. The molecule has 2 aromatic carbocycles. The number of rotatable bonds is 6. The summed E-state index contributed by atoms with van der Waals surface area (Å²) in [6.07, 6.45) is 6.98. The fourth-order valence-electron chi connectivity index (χ4n) is 2.74. The minimum Gasteiger partial charge on any atom is -0.492 e. The first-order chi connectivity index (χ1) is 12.8. The van der Waals surface area contributed by atoms with E-state index < -0.39 is 0 Å². The van der Waals surface area contributed by atoms with Crippen molar-refractivity contribution >= 4 is 28.7 Å². The van der Waals surface area contributed by atoms with Crippen molar-refractivity contribution in [1.29, 1.82) is 0 Å². The van der Waals surface area contributed by atoms with Crippen LogP contribution < -0.4 is 4.74 Å². The topological polar surface area (TPSA) is 57.2 Å². The normalized spacial score (nSPS) is 11.4. The number of hydrogen-bond donors (Lipinski definition) is 0. The average molecular weight is 366 g/mol. The molecule has 0 saturated heterocycles. The Bertz CT molecular complexity index is 1020. The molecule has 26 heavy (non-hydrogen) atoms. The van der Waals surface area contributed by atoms with Gasteiger partial charge in [-0.05, 0) is 30.3 Å². The summed E-state index contributed by atoms with van der Waals surface area (Å²) in [5.41, 5.74) is 2.17. The van der Waals surface area contributed by atoms with E-state index >= 15 is 0 Å². The Kier molecular flexibility index (Phi) is 4.66. The molecular weight excluding hydrogens is 350 g/mol. The zero-order chi connectivity index (χ0) is 17.8. The molecule has 7 heteroatoms. The molecule has 0 fully saturated rings. The first-order valence-electron chi connectivity index (χ1n) is 8.15. The van der Waals surface area contributed by atoms with Crippen molar-refractivity contribution in [1.82, 2.24) is 19.4 Å². The molecule has 0 aliphatic heterocycles. The van der Waals surface area contributed by atoms with Crippen LogP contribution >= 0.6 is 11.6 Å². The van der Waals surface area contributed by atoms with Crippen molar-refractivity contribution in [3.63, 3.8) is 0 Å². The van der Waals surface area contributed by atoms with Gasteiger partial charge in [0.15, 0.2) is 0 Å². The molecule has 6 nitrogen and oxygen atoms in total. The van der Waals surface area contributed by atoms with Gasteiger partial charge in [0.1, 0.15) is 25.0 Å². The molecule has 2 aromatic heterocycles. The molecule has 4 rings (SSSR count). The second-order valence-electron chi connectivity index (χ2n) is 5.68. The van der Waals surface area contributed by atoms with E-state index in [1.807, 2.05) is 42.6 Å². The predicted octanol–water partition coefficient (Wildman–Crippen LogP) is 3.85. The molecule has 0 radical (unpaired) electrons. The molecule has 4 aromatic rings. The smallest absolute Gasteiger partial charge is 0.141 e. The number of halogens is 1. The Morgan fingerprint density at radius 2 is 1.81 bits per heavy atom. The number of aromatic nitrogens is 4. The Morgan fingerprint density at radius 1 is 1.04 bits per heavy atom. The molecule has 130 valence electrons.